The van der Waals surface area contributed by atoms with Crippen molar-refractivity contribution in [2.45, 2.75) is 30.1 Å². The minimum Gasteiger partial charge on any atom is -0.445 e. The summed E-state index contributed by atoms with van der Waals surface area (Å²) in [6.45, 7) is 1.63. The Bertz CT molecular complexity index is 1660. The van der Waals surface area contributed by atoms with E-state index in [4.69, 9.17) is 4.74 Å². The Morgan fingerprint density at radius 3 is 1.55 bits per heavy atom. The fraction of sp³-hybridized carbons (Fsp3) is 0.129. The number of thioether (sulfide) groups is 1. The first-order valence-corrected chi connectivity index (χ1v) is 15.3. The number of halogens is 6. The van der Waals surface area contributed by atoms with E-state index < -0.39 is 42.9 Å². The Balaban J connectivity index is 1.76. The van der Waals surface area contributed by atoms with Crippen LogP contribution in [0.15, 0.2) is 124 Å². The van der Waals surface area contributed by atoms with E-state index in [1.54, 1.807) is 67.6 Å². The fourth-order valence-electron chi connectivity index (χ4n) is 4.69. The molecule has 4 aromatic carbocycles. The molecular weight excluding hydrogens is 629 g/mol. The van der Waals surface area contributed by atoms with Crippen LogP contribution >= 0.6 is 18.9 Å². The smallest absolute Gasteiger partial charge is 0.445 e. The first-order valence-electron chi connectivity index (χ1n) is 12.8. The number of cyclic esters (lactones) is 1. The minimum atomic E-state index is -4.99. The third-order valence-corrected chi connectivity index (χ3v) is 11.2. The van der Waals surface area contributed by atoms with Crippen LogP contribution < -0.4 is 20.1 Å². The molecule has 1 unspecified atom stereocenters. The molecule has 13 heteroatoms. The van der Waals surface area contributed by atoms with E-state index >= 15 is 4.57 Å². The molecule has 4 aromatic rings. The molecule has 1 aliphatic rings. The zero-order valence-electron chi connectivity index (χ0n) is 22.6. The third kappa shape index (κ3) is 6.51. The van der Waals surface area contributed by atoms with Gasteiger partial charge in [0, 0.05) is 21.1 Å². The van der Waals surface area contributed by atoms with Crippen LogP contribution in [0.25, 0.3) is 0 Å². The Labute approximate surface area is 251 Å². The summed E-state index contributed by atoms with van der Waals surface area (Å²) in [7, 11) is -4.35. The van der Waals surface area contributed by atoms with Crippen molar-refractivity contribution in [3.05, 3.63) is 125 Å². The fourth-order valence-corrected chi connectivity index (χ4v) is 9.03. The number of hydrogen-bond donors (Lipinski definition) is 0. The van der Waals surface area contributed by atoms with Gasteiger partial charge in [0.2, 0.25) is 0 Å². The minimum absolute atomic E-state index is 0.0769. The van der Waals surface area contributed by atoms with Crippen molar-refractivity contribution in [3.63, 3.8) is 0 Å². The van der Waals surface area contributed by atoms with E-state index in [0.717, 1.165) is 60.3 Å². The van der Waals surface area contributed by atoms with Crippen molar-refractivity contribution < 1.29 is 49.9 Å². The van der Waals surface area contributed by atoms with Crippen LogP contribution in [0.4, 0.5) is 26.3 Å². The van der Waals surface area contributed by atoms with E-state index in [1.165, 1.54) is 0 Å². The molecule has 0 saturated heterocycles. The SMILES string of the molecule is CC1(c2ccccc2)OC(=O)C(P(=O)(c2ccc(OC(F)(F)F)cc2)c2ccc(OC(F)(F)F)cc2)=C1Sc1ccccc1. The highest BCUT2D eigenvalue weighted by Crippen LogP contribution is 2.62. The van der Waals surface area contributed by atoms with Gasteiger partial charge in [0.15, 0.2) is 12.7 Å². The van der Waals surface area contributed by atoms with Gasteiger partial charge in [-0.15, -0.1) is 26.3 Å². The molecule has 0 amide bonds. The number of ether oxygens (including phenoxy) is 3. The van der Waals surface area contributed by atoms with Gasteiger partial charge in [-0.25, -0.2) is 4.79 Å². The monoisotopic (exact) mass is 650 g/mol. The number of alkyl halides is 6. The zero-order chi connectivity index (χ0) is 31.8. The first-order chi connectivity index (χ1) is 20.7. The van der Waals surface area contributed by atoms with Crippen LogP contribution in [0.1, 0.15) is 12.5 Å². The van der Waals surface area contributed by atoms with Crippen LogP contribution in [0.5, 0.6) is 11.5 Å². The summed E-state index contributed by atoms with van der Waals surface area (Å²) in [6, 6.07) is 25.7. The van der Waals surface area contributed by atoms with Gasteiger partial charge in [-0.3, -0.25) is 0 Å². The molecule has 0 aromatic heterocycles. The van der Waals surface area contributed by atoms with Gasteiger partial charge < -0.3 is 18.8 Å². The molecule has 0 radical (unpaired) electrons. The van der Waals surface area contributed by atoms with Crippen molar-refractivity contribution in [1.29, 1.82) is 0 Å². The summed E-state index contributed by atoms with van der Waals surface area (Å²) in [5, 5.41) is -0.425. The Morgan fingerprint density at radius 2 is 1.11 bits per heavy atom. The lowest BCUT2D eigenvalue weighted by atomic mass is 9.96. The number of benzene rings is 4. The number of esters is 1. The van der Waals surface area contributed by atoms with Crippen LogP contribution in [0.2, 0.25) is 0 Å². The van der Waals surface area contributed by atoms with Crippen molar-refractivity contribution in [2.75, 3.05) is 0 Å². The van der Waals surface area contributed by atoms with Crippen LogP contribution in [0, 0.1) is 0 Å². The molecule has 0 spiro atoms. The van der Waals surface area contributed by atoms with Crippen molar-refractivity contribution in [2.24, 2.45) is 0 Å². The van der Waals surface area contributed by atoms with E-state index in [1.807, 2.05) is 0 Å². The van der Waals surface area contributed by atoms with E-state index in [9.17, 15) is 31.1 Å². The lowest BCUT2D eigenvalue weighted by molar-refractivity contribution is -0.275. The highest BCUT2D eigenvalue weighted by molar-refractivity contribution is 8.04. The molecule has 1 aliphatic heterocycles. The molecule has 44 heavy (non-hydrogen) atoms. The molecule has 1 atom stereocenters. The summed E-state index contributed by atoms with van der Waals surface area (Å²) in [5.74, 6) is -2.15. The number of hydrogen-bond acceptors (Lipinski definition) is 6. The van der Waals surface area contributed by atoms with Gasteiger partial charge in [0.25, 0.3) is 0 Å². The van der Waals surface area contributed by atoms with Crippen LogP contribution in [-0.4, -0.2) is 18.7 Å². The highest BCUT2D eigenvalue weighted by atomic mass is 32.2. The van der Waals surface area contributed by atoms with Gasteiger partial charge in [0.1, 0.15) is 16.8 Å². The normalized spacial score (nSPS) is 17.4. The standard InChI is InChI=1S/C31H21F6O5PS/c1-29(20-8-4-2-5-9-20)27(44-25-10-6-3-7-11-25)26(28(38)42-29)43(39,23-16-12-21(13-17-23)40-30(32,33)34)24-18-14-22(15-19-24)41-31(35,36)37/h2-19H,1H3. The average molecular weight is 651 g/mol. The summed E-state index contributed by atoms with van der Waals surface area (Å²) in [5.41, 5.74) is -0.890. The van der Waals surface area contributed by atoms with E-state index in [-0.39, 0.29) is 20.8 Å². The number of rotatable bonds is 8. The Morgan fingerprint density at radius 1 is 0.682 bits per heavy atom. The molecule has 5 rings (SSSR count). The molecule has 0 N–H and O–H groups in total. The van der Waals surface area contributed by atoms with Gasteiger partial charge in [0.05, 0.1) is 4.91 Å². The van der Waals surface area contributed by atoms with Gasteiger partial charge in [-0.2, -0.15) is 0 Å². The van der Waals surface area contributed by atoms with E-state index in [2.05, 4.69) is 9.47 Å². The molecule has 0 bridgehead atoms. The molecular formula is C31H21F6O5PS. The summed E-state index contributed by atoms with van der Waals surface area (Å²) >= 11 is 1.12. The van der Waals surface area contributed by atoms with Crippen molar-refractivity contribution >= 4 is 35.5 Å². The number of carbonyl (C=O) groups is 1. The maximum atomic E-state index is 15.4. The Kier molecular flexibility index (Phi) is 8.35. The van der Waals surface area contributed by atoms with Gasteiger partial charge in [-0.05, 0) is 67.6 Å². The van der Waals surface area contributed by atoms with Crippen LogP contribution in [0.3, 0.4) is 0 Å². The van der Waals surface area contributed by atoms with Crippen molar-refractivity contribution in [3.8, 4) is 11.5 Å². The largest absolute Gasteiger partial charge is 0.573 e. The molecule has 0 aliphatic carbocycles. The zero-order valence-corrected chi connectivity index (χ0v) is 24.3. The predicted octanol–water partition coefficient (Wildman–Crippen LogP) is 8.27. The lowest BCUT2D eigenvalue weighted by Crippen LogP contribution is -2.24. The maximum Gasteiger partial charge on any atom is 0.573 e. The maximum absolute atomic E-state index is 15.4. The Hall–Kier alpha value is -4.15. The topological polar surface area (TPSA) is 61.8 Å². The molecule has 0 saturated carbocycles. The average Bonchev–Trinajstić information content (AvgIpc) is 3.22. The van der Waals surface area contributed by atoms with Crippen LogP contribution in [-0.2, 0) is 19.7 Å². The van der Waals surface area contributed by atoms with Gasteiger partial charge >= 0.3 is 18.7 Å². The van der Waals surface area contributed by atoms with Crippen molar-refractivity contribution in [1.82, 2.24) is 0 Å². The summed E-state index contributed by atoms with van der Waals surface area (Å²) < 4.78 is 106. The molecule has 0 fully saturated rings. The van der Waals surface area contributed by atoms with E-state index in [0.29, 0.717) is 10.5 Å². The second-order valence-corrected chi connectivity index (χ2v) is 13.4. The summed E-state index contributed by atoms with van der Waals surface area (Å²) in [6.07, 6.45) is -9.98. The first kappa shape index (κ1) is 31.3. The molecule has 228 valence electrons. The second-order valence-electron chi connectivity index (χ2n) is 9.57. The number of carbonyl (C=O) groups excluding carboxylic acids is 1. The molecule has 1 heterocycles. The predicted molar refractivity (Wildman–Crippen MR) is 152 cm³/mol. The molecule has 5 nitrogen and oxygen atoms in total. The summed E-state index contributed by atoms with van der Waals surface area (Å²) in [4.78, 5) is 14.8. The highest BCUT2D eigenvalue weighted by Gasteiger charge is 2.53. The second kappa shape index (κ2) is 11.7. The lowest BCUT2D eigenvalue weighted by Gasteiger charge is -2.27. The third-order valence-electron chi connectivity index (χ3n) is 6.61. The quantitative estimate of drug-likeness (QED) is 0.109. The van der Waals surface area contributed by atoms with Gasteiger partial charge in [-0.1, -0.05) is 60.3 Å².